The summed E-state index contributed by atoms with van der Waals surface area (Å²) < 4.78 is 0. The Labute approximate surface area is 109 Å². The topological polar surface area (TPSA) is 24.9 Å². The summed E-state index contributed by atoms with van der Waals surface area (Å²) in [6, 6.07) is 10.7. The lowest BCUT2D eigenvalue weighted by molar-refractivity contribution is 0.543. The average molecular weight is 242 g/mol. The number of hydrogen-bond donors (Lipinski definition) is 1. The van der Waals surface area contributed by atoms with E-state index in [0.717, 1.165) is 30.9 Å². The van der Waals surface area contributed by atoms with Crippen LogP contribution in [-0.2, 0) is 6.42 Å². The maximum Gasteiger partial charge on any atom is 0.0702 e. The van der Waals surface area contributed by atoms with Gasteiger partial charge in [-0.15, -0.1) is 0 Å². The zero-order valence-electron chi connectivity index (χ0n) is 11.3. The first-order valence-electron chi connectivity index (χ1n) is 6.80. The van der Waals surface area contributed by atoms with E-state index in [4.69, 9.17) is 0 Å². The van der Waals surface area contributed by atoms with Crippen molar-refractivity contribution in [2.24, 2.45) is 5.92 Å². The Hall–Kier alpha value is -1.41. The molecule has 2 heteroatoms. The summed E-state index contributed by atoms with van der Waals surface area (Å²) in [5.74, 6) is 0.733. The average Bonchev–Trinajstić information content (AvgIpc) is 2.38. The summed E-state index contributed by atoms with van der Waals surface area (Å²) >= 11 is 0. The van der Waals surface area contributed by atoms with E-state index in [2.05, 4.69) is 48.4 Å². The standard InChI is InChI=1S/C16H22N2/c1-13(2)12-17-9-3-5-14-7-8-16-15(11-14)6-4-10-18-16/h4,6-8,10-11,13,17H,3,5,9,12H2,1-2H3. The van der Waals surface area contributed by atoms with E-state index in [0.29, 0.717) is 0 Å². The van der Waals surface area contributed by atoms with Crippen LogP contribution in [-0.4, -0.2) is 18.1 Å². The van der Waals surface area contributed by atoms with Crippen LogP contribution in [0, 0.1) is 5.92 Å². The van der Waals surface area contributed by atoms with Gasteiger partial charge in [0.2, 0.25) is 0 Å². The summed E-state index contributed by atoms with van der Waals surface area (Å²) in [5.41, 5.74) is 2.49. The highest BCUT2D eigenvalue weighted by Crippen LogP contribution is 2.14. The summed E-state index contributed by atoms with van der Waals surface area (Å²) in [6.45, 7) is 6.69. The van der Waals surface area contributed by atoms with E-state index in [1.807, 2.05) is 12.3 Å². The van der Waals surface area contributed by atoms with E-state index in [-0.39, 0.29) is 0 Å². The number of aromatic nitrogens is 1. The monoisotopic (exact) mass is 242 g/mol. The third kappa shape index (κ3) is 3.81. The van der Waals surface area contributed by atoms with Crippen LogP contribution >= 0.6 is 0 Å². The van der Waals surface area contributed by atoms with Crippen LogP contribution in [0.2, 0.25) is 0 Å². The number of benzene rings is 1. The molecule has 0 saturated carbocycles. The summed E-state index contributed by atoms with van der Waals surface area (Å²) in [6.07, 6.45) is 4.17. The van der Waals surface area contributed by atoms with Crippen LogP contribution < -0.4 is 5.32 Å². The third-order valence-electron chi connectivity index (χ3n) is 3.04. The molecule has 0 fully saturated rings. The minimum absolute atomic E-state index is 0.733. The molecule has 0 unspecified atom stereocenters. The van der Waals surface area contributed by atoms with Crippen molar-refractivity contribution in [3.05, 3.63) is 42.1 Å². The van der Waals surface area contributed by atoms with Crippen LogP contribution in [0.5, 0.6) is 0 Å². The molecular formula is C16H22N2. The molecule has 2 nitrogen and oxygen atoms in total. The molecule has 1 N–H and O–H groups in total. The maximum atomic E-state index is 4.34. The fraction of sp³-hybridized carbons (Fsp3) is 0.438. The molecule has 96 valence electrons. The third-order valence-corrected chi connectivity index (χ3v) is 3.04. The molecule has 2 aromatic rings. The van der Waals surface area contributed by atoms with Crippen LogP contribution in [0.3, 0.4) is 0 Å². The van der Waals surface area contributed by atoms with Crippen molar-refractivity contribution in [3.63, 3.8) is 0 Å². The Balaban J connectivity index is 1.84. The van der Waals surface area contributed by atoms with Gasteiger partial charge in [0, 0.05) is 11.6 Å². The van der Waals surface area contributed by atoms with Gasteiger partial charge in [0.1, 0.15) is 0 Å². The van der Waals surface area contributed by atoms with E-state index >= 15 is 0 Å². The van der Waals surface area contributed by atoms with Gasteiger partial charge in [-0.05, 0) is 55.6 Å². The van der Waals surface area contributed by atoms with Crippen LogP contribution in [0.25, 0.3) is 10.9 Å². The van der Waals surface area contributed by atoms with Gasteiger partial charge in [-0.25, -0.2) is 0 Å². The first-order chi connectivity index (χ1) is 8.75. The van der Waals surface area contributed by atoms with Gasteiger partial charge in [0.15, 0.2) is 0 Å². The number of fused-ring (bicyclic) bond motifs is 1. The SMILES string of the molecule is CC(C)CNCCCc1ccc2ncccc2c1. The van der Waals surface area contributed by atoms with Crippen molar-refractivity contribution in [3.8, 4) is 0 Å². The molecule has 1 aromatic heterocycles. The van der Waals surface area contributed by atoms with Gasteiger partial charge in [0.05, 0.1) is 5.52 Å². The molecule has 0 atom stereocenters. The lowest BCUT2D eigenvalue weighted by Gasteiger charge is -2.07. The largest absolute Gasteiger partial charge is 0.316 e. The summed E-state index contributed by atoms with van der Waals surface area (Å²) in [7, 11) is 0. The van der Waals surface area contributed by atoms with Crippen molar-refractivity contribution in [1.29, 1.82) is 0 Å². The van der Waals surface area contributed by atoms with Gasteiger partial charge in [-0.1, -0.05) is 26.0 Å². The minimum Gasteiger partial charge on any atom is -0.316 e. The molecule has 0 saturated heterocycles. The molecule has 0 bridgehead atoms. The maximum absolute atomic E-state index is 4.34. The molecule has 0 aliphatic carbocycles. The van der Waals surface area contributed by atoms with Gasteiger partial charge in [0.25, 0.3) is 0 Å². The Kier molecular flexibility index (Phi) is 4.71. The molecule has 1 heterocycles. The van der Waals surface area contributed by atoms with Crippen molar-refractivity contribution in [2.45, 2.75) is 26.7 Å². The first kappa shape index (κ1) is 13.0. The Bertz CT molecular complexity index is 491. The highest BCUT2D eigenvalue weighted by Gasteiger charge is 1.98. The second kappa shape index (κ2) is 6.50. The first-order valence-corrected chi connectivity index (χ1v) is 6.80. The molecule has 0 radical (unpaired) electrons. The predicted octanol–water partition coefficient (Wildman–Crippen LogP) is 3.41. The Morgan fingerprint density at radius 2 is 2.11 bits per heavy atom. The number of hydrogen-bond acceptors (Lipinski definition) is 2. The van der Waals surface area contributed by atoms with E-state index in [1.165, 1.54) is 17.4 Å². The zero-order chi connectivity index (χ0) is 12.8. The van der Waals surface area contributed by atoms with Crippen molar-refractivity contribution < 1.29 is 0 Å². The number of nitrogens with zero attached hydrogens (tertiary/aromatic N) is 1. The van der Waals surface area contributed by atoms with Gasteiger partial charge in [-0.2, -0.15) is 0 Å². The van der Waals surface area contributed by atoms with Crippen molar-refractivity contribution in [1.82, 2.24) is 10.3 Å². The quantitative estimate of drug-likeness (QED) is 0.785. The van der Waals surface area contributed by atoms with Crippen LogP contribution in [0.15, 0.2) is 36.5 Å². The Morgan fingerprint density at radius 3 is 2.94 bits per heavy atom. The van der Waals surface area contributed by atoms with Crippen LogP contribution in [0.4, 0.5) is 0 Å². The lowest BCUT2D eigenvalue weighted by atomic mass is 10.1. The van der Waals surface area contributed by atoms with Crippen molar-refractivity contribution >= 4 is 10.9 Å². The molecular weight excluding hydrogens is 220 g/mol. The Morgan fingerprint density at radius 1 is 1.22 bits per heavy atom. The smallest absolute Gasteiger partial charge is 0.0702 e. The second-order valence-corrected chi connectivity index (χ2v) is 5.23. The number of aryl methyl sites for hydroxylation is 1. The molecule has 0 spiro atoms. The highest BCUT2D eigenvalue weighted by molar-refractivity contribution is 5.78. The van der Waals surface area contributed by atoms with E-state index in [1.54, 1.807) is 0 Å². The molecule has 0 aliphatic heterocycles. The molecule has 2 rings (SSSR count). The minimum atomic E-state index is 0.733. The van der Waals surface area contributed by atoms with E-state index < -0.39 is 0 Å². The van der Waals surface area contributed by atoms with Crippen molar-refractivity contribution in [2.75, 3.05) is 13.1 Å². The highest BCUT2D eigenvalue weighted by atomic mass is 14.8. The second-order valence-electron chi connectivity index (χ2n) is 5.23. The van der Waals surface area contributed by atoms with Gasteiger partial charge >= 0.3 is 0 Å². The predicted molar refractivity (Wildman–Crippen MR) is 77.8 cm³/mol. The normalized spacial score (nSPS) is 11.3. The van der Waals surface area contributed by atoms with Crippen LogP contribution in [0.1, 0.15) is 25.8 Å². The summed E-state index contributed by atoms with van der Waals surface area (Å²) in [5, 5.41) is 4.72. The van der Waals surface area contributed by atoms with Gasteiger partial charge < -0.3 is 5.32 Å². The number of rotatable bonds is 6. The zero-order valence-corrected chi connectivity index (χ0v) is 11.3. The fourth-order valence-electron chi connectivity index (χ4n) is 2.09. The molecule has 1 aromatic carbocycles. The van der Waals surface area contributed by atoms with E-state index in [9.17, 15) is 0 Å². The molecule has 18 heavy (non-hydrogen) atoms. The number of nitrogens with one attached hydrogen (secondary N) is 1. The summed E-state index contributed by atoms with van der Waals surface area (Å²) in [4.78, 5) is 4.34. The number of pyridine rings is 1. The molecule has 0 amide bonds. The fourth-order valence-corrected chi connectivity index (χ4v) is 2.09. The molecule has 0 aliphatic rings. The lowest BCUT2D eigenvalue weighted by Crippen LogP contribution is -2.21. The van der Waals surface area contributed by atoms with Gasteiger partial charge in [-0.3, -0.25) is 4.98 Å².